The van der Waals surface area contributed by atoms with Gasteiger partial charge in [0.2, 0.25) is 0 Å². The van der Waals surface area contributed by atoms with Crippen LogP contribution in [0.1, 0.15) is 0 Å². The molecule has 1 saturated heterocycles. The van der Waals surface area contributed by atoms with Gasteiger partial charge in [-0.05, 0) is 0 Å². The van der Waals surface area contributed by atoms with Gasteiger partial charge in [0.15, 0.2) is 12.2 Å². The molecule has 1 aliphatic heterocycles. The van der Waals surface area contributed by atoms with E-state index in [1.807, 2.05) is 0 Å². The van der Waals surface area contributed by atoms with Gasteiger partial charge < -0.3 is 35.0 Å². The Morgan fingerprint density at radius 3 is 2.41 bits per heavy atom. The zero-order valence-corrected chi connectivity index (χ0v) is 8.97. The zero-order chi connectivity index (χ0) is 13.0. The fourth-order valence-electron chi connectivity index (χ4n) is 1.46. The first-order valence-corrected chi connectivity index (χ1v) is 5.09. The number of hydrogen-bond acceptors (Lipinski definition) is 8. The molecule has 8 nitrogen and oxygen atoms in total. The molecule has 8 heteroatoms. The summed E-state index contributed by atoms with van der Waals surface area (Å²) in [5, 5.41) is 45.2. The molecule has 0 aromatic rings. The zero-order valence-electron chi connectivity index (χ0n) is 8.97. The molecule has 1 rings (SSSR count). The van der Waals surface area contributed by atoms with Gasteiger partial charge in [-0.3, -0.25) is 0 Å². The number of aliphatic hydroxyl groups is 5. The molecule has 17 heavy (non-hydrogen) atoms. The number of esters is 1. The van der Waals surface area contributed by atoms with Crippen LogP contribution in [0.4, 0.5) is 0 Å². The summed E-state index contributed by atoms with van der Waals surface area (Å²) in [5.74, 6) is -1.14. The lowest BCUT2D eigenvalue weighted by atomic mass is 10.1. The van der Waals surface area contributed by atoms with Crippen LogP contribution in [0.2, 0.25) is 0 Å². The fraction of sp³-hybridized carbons (Fsp3) is 0.889. The van der Waals surface area contributed by atoms with Crippen LogP contribution >= 0.6 is 0 Å². The van der Waals surface area contributed by atoms with E-state index in [4.69, 9.17) is 20.1 Å². The monoisotopic (exact) mass is 252 g/mol. The van der Waals surface area contributed by atoms with Gasteiger partial charge in [0.25, 0.3) is 0 Å². The SMILES string of the molecule is O=C(O[C@H](CO)[C@H]1OC[C@H](O)[C@H]1O)C(O)CO. The summed E-state index contributed by atoms with van der Waals surface area (Å²) in [4.78, 5) is 11.1. The van der Waals surface area contributed by atoms with E-state index >= 15 is 0 Å². The van der Waals surface area contributed by atoms with Crippen LogP contribution in [0.3, 0.4) is 0 Å². The third-order valence-corrected chi connectivity index (χ3v) is 2.45. The van der Waals surface area contributed by atoms with Crippen molar-refractivity contribution in [1.82, 2.24) is 0 Å². The Labute approximate surface area is 97.0 Å². The van der Waals surface area contributed by atoms with E-state index in [0.717, 1.165) is 0 Å². The minimum Gasteiger partial charge on any atom is -0.455 e. The van der Waals surface area contributed by atoms with Gasteiger partial charge in [0, 0.05) is 0 Å². The second-order valence-electron chi connectivity index (χ2n) is 3.71. The standard InChI is InChI=1S/C9H16O8/c10-1-4(12)9(15)17-6(2-11)8-7(14)5(13)3-16-8/h4-8,10-14H,1-3H2/t4?,5-,6+,7+,8+/m0/s1. The van der Waals surface area contributed by atoms with E-state index in [9.17, 15) is 15.0 Å². The molecule has 0 aromatic heterocycles. The summed E-state index contributed by atoms with van der Waals surface area (Å²) in [6.07, 6.45) is -6.39. The molecule has 0 bridgehead atoms. The molecular formula is C9H16O8. The topological polar surface area (TPSA) is 137 Å². The number of carbonyl (C=O) groups is 1. The molecule has 0 spiro atoms. The molecule has 0 aliphatic carbocycles. The Balaban J connectivity index is 2.57. The van der Waals surface area contributed by atoms with Crippen molar-refractivity contribution in [3.8, 4) is 0 Å². The van der Waals surface area contributed by atoms with Crippen molar-refractivity contribution in [3.05, 3.63) is 0 Å². The quantitative estimate of drug-likeness (QED) is 0.316. The minimum atomic E-state index is -1.72. The van der Waals surface area contributed by atoms with Crippen LogP contribution in [0, 0.1) is 0 Å². The maximum Gasteiger partial charge on any atom is 0.337 e. The summed E-state index contributed by atoms with van der Waals surface area (Å²) < 4.78 is 9.62. The second kappa shape index (κ2) is 6.24. The first-order chi connectivity index (χ1) is 8.01. The van der Waals surface area contributed by atoms with E-state index in [0.29, 0.717) is 0 Å². The van der Waals surface area contributed by atoms with Crippen molar-refractivity contribution in [1.29, 1.82) is 0 Å². The Bertz CT molecular complexity index is 257. The highest BCUT2D eigenvalue weighted by Crippen LogP contribution is 2.19. The summed E-state index contributed by atoms with van der Waals surface area (Å²) in [6.45, 7) is -1.59. The van der Waals surface area contributed by atoms with Crippen molar-refractivity contribution in [3.63, 3.8) is 0 Å². The predicted molar refractivity (Wildman–Crippen MR) is 51.8 cm³/mol. The lowest BCUT2D eigenvalue weighted by molar-refractivity contribution is -0.173. The highest BCUT2D eigenvalue weighted by atomic mass is 16.6. The Hall–Kier alpha value is -0.770. The summed E-state index contributed by atoms with van der Waals surface area (Å²) >= 11 is 0. The molecule has 0 aromatic carbocycles. The van der Waals surface area contributed by atoms with Gasteiger partial charge in [0.1, 0.15) is 18.3 Å². The molecule has 5 N–H and O–H groups in total. The molecule has 1 aliphatic rings. The average Bonchev–Trinajstić information content (AvgIpc) is 2.66. The van der Waals surface area contributed by atoms with Crippen molar-refractivity contribution in [2.45, 2.75) is 30.5 Å². The average molecular weight is 252 g/mol. The number of rotatable bonds is 5. The number of carbonyl (C=O) groups excluding carboxylic acids is 1. The van der Waals surface area contributed by atoms with Crippen LogP contribution < -0.4 is 0 Å². The molecular weight excluding hydrogens is 236 g/mol. The lowest BCUT2D eigenvalue weighted by Crippen LogP contribution is -2.44. The highest BCUT2D eigenvalue weighted by Gasteiger charge is 2.41. The van der Waals surface area contributed by atoms with Crippen LogP contribution in [-0.2, 0) is 14.3 Å². The van der Waals surface area contributed by atoms with E-state index in [1.165, 1.54) is 0 Å². The van der Waals surface area contributed by atoms with Crippen molar-refractivity contribution in [2.24, 2.45) is 0 Å². The normalized spacial score (nSPS) is 32.2. The molecule has 100 valence electrons. The molecule has 5 atom stereocenters. The third-order valence-electron chi connectivity index (χ3n) is 2.45. The number of aliphatic hydroxyl groups excluding tert-OH is 5. The summed E-state index contributed by atoms with van der Waals surface area (Å²) in [5.41, 5.74) is 0. The van der Waals surface area contributed by atoms with Gasteiger partial charge in [0.05, 0.1) is 19.8 Å². The van der Waals surface area contributed by atoms with Crippen molar-refractivity contribution < 1.29 is 39.8 Å². The number of ether oxygens (including phenoxy) is 2. The number of hydrogen-bond donors (Lipinski definition) is 5. The second-order valence-corrected chi connectivity index (χ2v) is 3.71. The molecule has 1 heterocycles. The first-order valence-electron chi connectivity index (χ1n) is 5.09. The maximum atomic E-state index is 11.1. The first kappa shape index (κ1) is 14.3. The van der Waals surface area contributed by atoms with Crippen LogP contribution in [0.25, 0.3) is 0 Å². The third kappa shape index (κ3) is 3.35. The van der Waals surface area contributed by atoms with Gasteiger partial charge in [-0.2, -0.15) is 0 Å². The smallest absolute Gasteiger partial charge is 0.337 e. The maximum absolute atomic E-state index is 11.1. The molecule has 1 fully saturated rings. The van der Waals surface area contributed by atoms with E-state index in [-0.39, 0.29) is 6.61 Å². The Morgan fingerprint density at radius 1 is 1.35 bits per heavy atom. The van der Waals surface area contributed by atoms with E-state index in [2.05, 4.69) is 4.74 Å². The Kier molecular flexibility index (Phi) is 5.25. The minimum absolute atomic E-state index is 0.136. The molecule has 0 radical (unpaired) electrons. The lowest BCUT2D eigenvalue weighted by Gasteiger charge is -2.24. The largest absolute Gasteiger partial charge is 0.455 e. The van der Waals surface area contributed by atoms with Gasteiger partial charge >= 0.3 is 5.97 Å². The Morgan fingerprint density at radius 2 is 2.00 bits per heavy atom. The van der Waals surface area contributed by atoms with Crippen molar-refractivity contribution >= 4 is 5.97 Å². The molecule has 0 amide bonds. The molecule has 1 unspecified atom stereocenters. The van der Waals surface area contributed by atoms with Crippen molar-refractivity contribution in [2.75, 3.05) is 19.8 Å². The van der Waals surface area contributed by atoms with E-state index in [1.54, 1.807) is 0 Å². The van der Waals surface area contributed by atoms with Crippen LogP contribution in [0.5, 0.6) is 0 Å². The van der Waals surface area contributed by atoms with Gasteiger partial charge in [-0.1, -0.05) is 0 Å². The van der Waals surface area contributed by atoms with Gasteiger partial charge in [-0.25, -0.2) is 4.79 Å². The van der Waals surface area contributed by atoms with E-state index < -0.39 is 49.7 Å². The summed E-state index contributed by atoms with van der Waals surface area (Å²) in [6, 6.07) is 0. The highest BCUT2D eigenvalue weighted by molar-refractivity contribution is 5.74. The fourth-order valence-corrected chi connectivity index (χ4v) is 1.46. The summed E-state index contributed by atoms with van der Waals surface area (Å²) in [7, 11) is 0. The van der Waals surface area contributed by atoms with Crippen LogP contribution in [-0.4, -0.2) is 81.8 Å². The van der Waals surface area contributed by atoms with Gasteiger partial charge in [-0.15, -0.1) is 0 Å². The van der Waals surface area contributed by atoms with Crippen LogP contribution in [0.15, 0.2) is 0 Å². The molecule has 0 saturated carbocycles. The predicted octanol–water partition coefficient (Wildman–Crippen LogP) is -3.64.